The summed E-state index contributed by atoms with van der Waals surface area (Å²) in [6, 6.07) is 7.96. The summed E-state index contributed by atoms with van der Waals surface area (Å²) in [5.74, 6) is 0.461. The first-order chi connectivity index (χ1) is 11.6. The first-order valence-corrected chi connectivity index (χ1v) is 9.49. The van der Waals surface area contributed by atoms with E-state index in [0.717, 1.165) is 34.3 Å². The molecule has 3 heterocycles. The van der Waals surface area contributed by atoms with Crippen molar-refractivity contribution in [3.63, 3.8) is 0 Å². The largest absolute Gasteiger partial charge is 0.408 e. The van der Waals surface area contributed by atoms with Gasteiger partial charge in [0.05, 0.1) is 11.6 Å². The van der Waals surface area contributed by atoms with Gasteiger partial charge in [-0.25, -0.2) is 0 Å². The molecule has 0 spiro atoms. The van der Waals surface area contributed by atoms with Crippen LogP contribution in [0.3, 0.4) is 0 Å². The topological polar surface area (TPSA) is 55.6 Å². The lowest BCUT2D eigenvalue weighted by Gasteiger charge is -2.26. The average Bonchev–Trinajstić information content (AvgIpc) is 3.09. The third-order valence-electron chi connectivity index (χ3n) is 4.30. The Morgan fingerprint density at radius 1 is 1.46 bits per heavy atom. The van der Waals surface area contributed by atoms with E-state index in [1.54, 1.807) is 16.0 Å². The molecule has 24 heavy (non-hydrogen) atoms. The Morgan fingerprint density at radius 3 is 3.08 bits per heavy atom. The van der Waals surface area contributed by atoms with Crippen molar-refractivity contribution in [3.8, 4) is 10.8 Å². The number of nitrogens with zero attached hydrogens (tertiary/aromatic N) is 2. The number of likely N-dealkylation sites (tertiary alicyclic amines) is 1. The molecule has 1 unspecified atom stereocenters. The zero-order valence-electron chi connectivity index (χ0n) is 12.9. The molecule has 4 rings (SSSR count). The van der Waals surface area contributed by atoms with Gasteiger partial charge in [-0.1, -0.05) is 29.8 Å². The van der Waals surface area contributed by atoms with Crippen LogP contribution in [0.25, 0.3) is 20.9 Å². The predicted molar refractivity (Wildman–Crippen MR) is 97.1 cm³/mol. The number of rotatable bonds is 3. The number of fused-ring (bicyclic) bond motifs is 1. The number of piperidine rings is 1. The fourth-order valence-electron chi connectivity index (χ4n) is 3.13. The van der Waals surface area contributed by atoms with E-state index in [-0.39, 0.29) is 6.10 Å². The van der Waals surface area contributed by atoms with Crippen LogP contribution in [0.4, 0.5) is 0 Å². The zero-order valence-corrected chi connectivity index (χ0v) is 15.3. The second-order valence-corrected chi connectivity index (χ2v) is 7.85. The number of hydrogen-bond acceptors (Lipinski definition) is 5. The highest BCUT2D eigenvalue weighted by molar-refractivity contribution is 7.71. The van der Waals surface area contributed by atoms with Gasteiger partial charge in [-0.2, -0.15) is 4.68 Å². The Hall–Kier alpha value is -1.25. The van der Waals surface area contributed by atoms with Gasteiger partial charge in [0.15, 0.2) is 6.67 Å². The van der Waals surface area contributed by atoms with Crippen molar-refractivity contribution in [2.75, 3.05) is 13.1 Å². The molecule has 1 aliphatic rings. The van der Waals surface area contributed by atoms with Crippen molar-refractivity contribution < 1.29 is 14.4 Å². The van der Waals surface area contributed by atoms with Gasteiger partial charge in [0.2, 0.25) is 0 Å². The molecule has 0 bridgehead atoms. The van der Waals surface area contributed by atoms with Crippen molar-refractivity contribution in [1.29, 1.82) is 0 Å². The molecule has 2 aromatic heterocycles. The zero-order chi connectivity index (χ0) is 16.7. The van der Waals surface area contributed by atoms with E-state index in [9.17, 15) is 5.11 Å². The van der Waals surface area contributed by atoms with Gasteiger partial charge in [-0.05, 0) is 31.1 Å². The third-order valence-corrected chi connectivity index (χ3v) is 6.26. The van der Waals surface area contributed by atoms with Crippen LogP contribution in [0.5, 0.6) is 0 Å². The van der Waals surface area contributed by atoms with Gasteiger partial charge in [-0.15, -0.1) is 16.4 Å². The van der Waals surface area contributed by atoms with E-state index in [2.05, 4.69) is 5.10 Å². The smallest absolute Gasteiger partial charge is 0.292 e. The number of aliphatic hydroxyl groups excluding tert-OH is 1. The molecule has 0 radical (unpaired) electrons. The minimum Gasteiger partial charge on any atom is -0.408 e. The standard InChI is InChI=1S/C16H16ClN3O2S2/c17-13-11-5-1-2-6-12(11)24-14(13)15-18-20(16(23)22-15)9-19-7-3-4-10(21)8-19/h1-2,5-6,10,21H,3-4,7-9H2/p+1/t10-/m1/s1. The lowest BCUT2D eigenvalue weighted by atomic mass is 10.1. The maximum Gasteiger partial charge on any atom is 0.292 e. The number of quaternary nitrogens is 1. The molecule has 3 aromatic rings. The molecular formula is C16H17ClN3O2S2+. The van der Waals surface area contributed by atoms with Crippen LogP contribution in [0.15, 0.2) is 28.7 Å². The summed E-state index contributed by atoms with van der Waals surface area (Å²) in [5, 5.41) is 16.0. The maximum absolute atomic E-state index is 9.81. The molecule has 1 aromatic carbocycles. The molecule has 1 aliphatic heterocycles. The Morgan fingerprint density at radius 2 is 2.29 bits per heavy atom. The van der Waals surface area contributed by atoms with Crippen molar-refractivity contribution in [2.45, 2.75) is 25.6 Å². The minimum atomic E-state index is -0.244. The predicted octanol–water partition coefficient (Wildman–Crippen LogP) is 2.74. The Labute approximate surface area is 153 Å². The summed E-state index contributed by atoms with van der Waals surface area (Å²) in [5.41, 5.74) is 0. The van der Waals surface area contributed by atoms with E-state index in [1.807, 2.05) is 24.3 Å². The SMILES string of the molecule is O[C@@H]1CCC[NH+](Cn2nc(-c3sc4ccccc4c3Cl)oc2=S)C1. The fourth-order valence-corrected chi connectivity index (χ4v) is 4.75. The summed E-state index contributed by atoms with van der Waals surface area (Å²) < 4.78 is 8.48. The van der Waals surface area contributed by atoms with E-state index in [1.165, 1.54) is 4.90 Å². The molecule has 5 nitrogen and oxygen atoms in total. The van der Waals surface area contributed by atoms with Crippen molar-refractivity contribution in [2.24, 2.45) is 0 Å². The Kier molecular flexibility index (Phi) is 4.44. The number of aromatic nitrogens is 2. The van der Waals surface area contributed by atoms with Crippen LogP contribution in [0.2, 0.25) is 5.02 Å². The number of hydrogen-bond donors (Lipinski definition) is 2. The first-order valence-electron chi connectivity index (χ1n) is 7.89. The van der Waals surface area contributed by atoms with Crippen molar-refractivity contribution in [1.82, 2.24) is 9.78 Å². The van der Waals surface area contributed by atoms with Crippen LogP contribution < -0.4 is 4.90 Å². The second-order valence-electron chi connectivity index (χ2n) is 6.07. The molecule has 126 valence electrons. The van der Waals surface area contributed by atoms with Crippen LogP contribution in [-0.4, -0.2) is 34.1 Å². The van der Waals surface area contributed by atoms with E-state index >= 15 is 0 Å². The molecule has 8 heteroatoms. The highest BCUT2D eigenvalue weighted by Crippen LogP contribution is 2.41. The molecule has 1 fully saturated rings. The van der Waals surface area contributed by atoms with E-state index in [0.29, 0.717) is 29.0 Å². The van der Waals surface area contributed by atoms with Gasteiger partial charge >= 0.3 is 0 Å². The van der Waals surface area contributed by atoms with Gasteiger partial charge < -0.3 is 14.4 Å². The van der Waals surface area contributed by atoms with Gasteiger partial charge in [0.1, 0.15) is 17.5 Å². The van der Waals surface area contributed by atoms with E-state index < -0.39 is 0 Å². The first kappa shape index (κ1) is 16.2. The highest BCUT2D eigenvalue weighted by atomic mass is 35.5. The number of aliphatic hydroxyl groups is 1. The summed E-state index contributed by atoms with van der Waals surface area (Å²) in [6.07, 6.45) is 1.64. The quantitative estimate of drug-likeness (QED) is 0.684. The van der Waals surface area contributed by atoms with Gasteiger partial charge in [-0.3, -0.25) is 0 Å². The molecule has 0 amide bonds. The highest BCUT2D eigenvalue weighted by Gasteiger charge is 2.23. The number of thiophene rings is 1. The summed E-state index contributed by atoms with van der Waals surface area (Å²) in [7, 11) is 0. The summed E-state index contributed by atoms with van der Waals surface area (Å²) >= 11 is 13.4. The fraction of sp³-hybridized carbons (Fsp3) is 0.375. The van der Waals surface area contributed by atoms with Crippen LogP contribution in [-0.2, 0) is 6.67 Å². The maximum atomic E-state index is 9.81. The number of nitrogens with one attached hydrogen (secondary N) is 1. The lowest BCUT2D eigenvalue weighted by Crippen LogP contribution is -3.13. The molecule has 2 N–H and O–H groups in total. The van der Waals surface area contributed by atoms with Gasteiger partial charge in [0, 0.05) is 10.1 Å². The average molecular weight is 383 g/mol. The molecule has 1 saturated heterocycles. The Balaban J connectivity index is 1.65. The lowest BCUT2D eigenvalue weighted by molar-refractivity contribution is -0.931. The number of benzene rings is 1. The molecule has 2 atom stereocenters. The monoisotopic (exact) mass is 382 g/mol. The molecular weight excluding hydrogens is 366 g/mol. The summed E-state index contributed by atoms with van der Waals surface area (Å²) in [6.45, 7) is 2.32. The van der Waals surface area contributed by atoms with Crippen molar-refractivity contribution >= 4 is 45.2 Å². The summed E-state index contributed by atoms with van der Waals surface area (Å²) in [4.78, 5) is 2.40. The molecule has 0 saturated carbocycles. The minimum absolute atomic E-state index is 0.244. The number of halogens is 1. The van der Waals surface area contributed by atoms with Crippen molar-refractivity contribution in [3.05, 3.63) is 34.1 Å². The molecule has 0 aliphatic carbocycles. The third kappa shape index (κ3) is 3.02. The second kappa shape index (κ2) is 6.57. The van der Waals surface area contributed by atoms with Crippen LogP contribution in [0, 0.1) is 4.84 Å². The normalized spacial score (nSPS) is 21.4. The van der Waals surface area contributed by atoms with Gasteiger partial charge in [0.25, 0.3) is 10.7 Å². The van der Waals surface area contributed by atoms with E-state index in [4.69, 9.17) is 28.2 Å². The Bertz CT molecular complexity index is 933. The van der Waals surface area contributed by atoms with Crippen LogP contribution in [0.1, 0.15) is 12.8 Å². The van der Waals surface area contributed by atoms with Crippen LogP contribution >= 0.6 is 35.2 Å².